The van der Waals surface area contributed by atoms with Crippen LogP contribution >= 0.6 is 0 Å². The maximum atomic E-state index is 8.93. The van der Waals surface area contributed by atoms with E-state index in [4.69, 9.17) is 5.26 Å². The van der Waals surface area contributed by atoms with Crippen molar-refractivity contribution in [2.75, 3.05) is 5.32 Å². The standard InChI is InChI=1S/C19H22N2/c1-4-16-7-6-8-17(5-2)19(16)21-13-18-10-9-15(12-20)11-14(18)3/h6-11,21H,4-5,13H2,1-3H3. The van der Waals surface area contributed by atoms with Gasteiger partial charge in [0, 0.05) is 12.2 Å². The number of anilines is 1. The fourth-order valence-corrected chi connectivity index (χ4v) is 2.62. The number of rotatable bonds is 5. The Morgan fingerprint density at radius 1 is 1.00 bits per heavy atom. The first kappa shape index (κ1) is 15.1. The number of hydrogen-bond donors (Lipinski definition) is 1. The molecular weight excluding hydrogens is 256 g/mol. The summed E-state index contributed by atoms with van der Waals surface area (Å²) in [5.41, 5.74) is 7.11. The zero-order valence-corrected chi connectivity index (χ0v) is 13.0. The molecule has 0 heterocycles. The lowest BCUT2D eigenvalue weighted by Crippen LogP contribution is -2.06. The van der Waals surface area contributed by atoms with Gasteiger partial charge in [-0.05, 0) is 54.2 Å². The van der Waals surface area contributed by atoms with Crippen molar-refractivity contribution in [1.29, 1.82) is 5.26 Å². The topological polar surface area (TPSA) is 35.8 Å². The molecule has 0 atom stereocenters. The van der Waals surface area contributed by atoms with E-state index in [0.29, 0.717) is 0 Å². The molecule has 2 aromatic rings. The summed E-state index contributed by atoms with van der Waals surface area (Å²) in [7, 11) is 0. The first-order valence-electron chi connectivity index (χ1n) is 7.53. The number of nitrogens with zero attached hydrogens (tertiary/aromatic N) is 1. The normalized spacial score (nSPS) is 10.2. The Morgan fingerprint density at radius 2 is 1.67 bits per heavy atom. The molecule has 2 rings (SSSR count). The second-order valence-electron chi connectivity index (χ2n) is 5.26. The van der Waals surface area contributed by atoms with Gasteiger partial charge in [-0.1, -0.05) is 38.1 Å². The fourth-order valence-electron chi connectivity index (χ4n) is 2.62. The molecular formula is C19H22N2. The summed E-state index contributed by atoms with van der Waals surface area (Å²) in [6.45, 7) is 7.23. The molecule has 0 radical (unpaired) electrons. The Morgan fingerprint density at radius 3 is 2.19 bits per heavy atom. The molecule has 2 nitrogen and oxygen atoms in total. The Bertz CT molecular complexity index is 644. The van der Waals surface area contributed by atoms with Crippen LogP contribution in [0.4, 0.5) is 5.69 Å². The van der Waals surface area contributed by atoms with Crippen molar-refractivity contribution in [3.05, 3.63) is 64.2 Å². The zero-order valence-electron chi connectivity index (χ0n) is 13.0. The van der Waals surface area contributed by atoms with Crippen molar-refractivity contribution in [2.24, 2.45) is 0 Å². The molecule has 0 unspecified atom stereocenters. The summed E-state index contributed by atoms with van der Waals surface area (Å²) in [5, 5.41) is 12.5. The molecule has 108 valence electrons. The van der Waals surface area contributed by atoms with Gasteiger partial charge in [0.25, 0.3) is 0 Å². The average Bonchev–Trinajstić information content (AvgIpc) is 2.53. The summed E-state index contributed by atoms with van der Waals surface area (Å²) in [5.74, 6) is 0. The second kappa shape index (κ2) is 6.95. The third-order valence-electron chi connectivity index (χ3n) is 3.93. The van der Waals surface area contributed by atoms with Gasteiger partial charge in [0.2, 0.25) is 0 Å². The van der Waals surface area contributed by atoms with E-state index in [-0.39, 0.29) is 0 Å². The van der Waals surface area contributed by atoms with Crippen molar-refractivity contribution in [3.63, 3.8) is 0 Å². The summed E-state index contributed by atoms with van der Waals surface area (Å²) in [6.07, 6.45) is 2.06. The molecule has 2 heteroatoms. The van der Waals surface area contributed by atoms with Gasteiger partial charge in [-0.25, -0.2) is 0 Å². The molecule has 0 spiro atoms. The van der Waals surface area contributed by atoms with Crippen LogP contribution in [0.15, 0.2) is 36.4 Å². The van der Waals surface area contributed by atoms with Crippen LogP contribution in [0.2, 0.25) is 0 Å². The fraction of sp³-hybridized carbons (Fsp3) is 0.316. The Hall–Kier alpha value is -2.27. The molecule has 1 N–H and O–H groups in total. The average molecular weight is 278 g/mol. The quantitative estimate of drug-likeness (QED) is 0.867. The van der Waals surface area contributed by atoms with Gasteiger partial charge in [0.1, 0.15) is 0 Å². The van der Waals surface area contributed by atoms with Crippen molar-refractivity contribution >= 4 is 5.69 Å². The van der Waals surface area contributed by atoms with E-state index in [0.717, 1.165) is 30.5 Å². The third kappa shape index (κ3) is 3.44. The summed E-state index contributed by atoms with van der Waals surface area (Å²) in [4.78, 5) is 0. The van der Waals surface area contributed by atoms with E-state index in [1.165, 1.54) is 22.4 Å². The lowest BCUT2D eigenvalue weighted by molar-refractivity contribution is 1.04. The highest BCUT2D eigenvalue weighted by Gasteiger charge is 2.07. The predicted molar refractivity (Wildman–Crippen MR) is 88.4 cm³/mol. The Labute approximate surface area is 127 Å². The maximum absolute atomic E-state index is 8.93. The Kier molecular flexibility index (Phi) is 5.00. The number of hydrogen-bond acceptors (Lipinski definition) is 2. The number of nitriles is 1. The van der Waals surface area contributed by atoms with Gasteiger partial charge in [-0.2, -0.15) is 5.26 Å². The van der Waals surface area contributed by atoms with E-state index in [1.54, 1.807) is 0 Å². The van der Waals surface area contributed by atoms with E-state index >= 15 is 0 Å². The van der Waals surface area contributed by atoms with E-state index in [2.05, 4.69) is 50.4 Å². The third-order valence-corrected chi connectivity index (χ3v) is 3.93. The highest BCUT2D eigenvalue weighted by atomic mass is 14.9. The predicted octanol–water partition coefficient (Wildman–Crippen LogP) is 4.60. The van der Waals surface area contributed by atoms with Crippen LogP contribution in [0.1, 0.15) is 41.7 Å². The van der Waals surface area contributed by atoms with Crippen molar-refractivity contribution in [3.8, 4) is 6.07 Å². The summed E-state index contributed by atoms with van der Waals surface area (Å²) in [6, 6.07) is 14.6. The smallest absolute Gasteiger partial charge is 0.0991 e. The molecule has 0 bridgehead atoms. The van der Waals surface area contributed by atoms with Crippen molar-refractivity contribution in [1.82, 2.24) is 0 Å². The largest absolute Gasteiger partial charge is 0.381 e. The molecule has 0 aliphatic heterocycles. The monoisotopic (exact) mass is 278 g/mol. The first-order valence-corrected chi connectivity index (χ1v) is 7.53. The molecule has 0 aromatic heterocycles. The van der Waals surface area contributed by atoms with Gasteiger partial charge in [0.05, 0.1) is 11.6 Å². The highest BCUT2D eigenvalue weighted by Crippen LogP contribution is 2.23. The van der Waals surface area contributed by atoms with Crippen molar-refractivity contribution in [2.45, 2.75) is 40.2 Å². The number of aryl methyl sites for hydroxylation is 3. The van der Waals surface area contributed by atoms with Gasteiger partial charge in [-0.15, -0.1) is 0 Å². The van der Waals surface area contributed by atoms with E-state index in [9.17, 15) is 0 Å². The Balaban J connectivity index is 2.22. The van der Waals surface area contributed by atoms with Gasteiger partial charge in [0.15, 0.2) is 0 Å². The van der Waals surface area contributed by atoms with E-state index in [1.807, 2.05) is 18.2 Å². The van der Waals surface area contributed by atoms with Crippen LogP contribution in [0.25, 0.3) is 0 Å². The summed E-state index contributed by atoms with van der Waals surface area (Å²) < 4.78 is 0. The SMILES string of the molecule is CCc1cccc(CC)c1NCc1ccc(C#N)cc1C. The van der Waals surface area contributed by atoms with Gasteiger partial charge >= 0.3 is 0 Å². The lowest BCUT2D eigenvalue weighted by atomic mass is 10.0. The van der Waals surface area contributed by atoms with E-state index < -0.39 is 0 Å². The van der Waals surface area contributed by atoms with Gasteiger partial charge < -0.3 is 5.32 Å². The molecule has 0 aliphatic carbocycles. The van der Waals surface area contributed by atoms with Crippen LogP contribution in [-0.2, 0) is 19.4 Å². The minimum absolute atomic E-state index is 0.722. The number of para-hydroxylation sites is 1. The molecule has 0 aliphatic rings. The lowest BCUT2D eigenvalue weighted by Gasteiger charge is -2.16. The molecule has 2 aromatic carbocycles. The number of nitrogens with one attached hydrogen (secondary N) is 1. The second-order valence-corrected chi connectivity index (χ2v) is 5.26. The first-order chi connectivity index (χ1) is 10.2. The molecule has 21 heavy (non-hydrogen) atoms. The minimum Gasteiger partial charge on any atom is -0.381 e. The molecule has 0 saturated carbocycles. The molecule has 0 saturated heterocycles. The van der Waals surface area contributed by atoms with Crippen LogP contribution < -0.4 is 5.32 Å². The zero-order chi connectivity index (χ0) is 15.2. The van der Waals surface area contributed by atoms with Gasteiger partial charge in [-0.3, -0.25) is 0 Å². The van der Waals surface area contributed by atoms with Crippen LogP contribution in [0.3, 0.4) is 0 Å². The molecule has 0 amide bonds. The number of benzene rings is 2. The minimum atomic E-state index is 0.722. The van der Waals surface area contributed by atoms with Crippen LogP contribution in [0, 0.1) is 18.3 Å². The summed E-state index contributed by atoms with van der Waals surface area (Å²) >= 11 is 0. The van der Waals surface area contributed by atoms with Crippen molar-refractivity contribution < 1.29 is 0 Å². The highest BCUT2D eigenvalue weighted by molar-refractivity contribution is 5.58. The van der Waals surface area contributed by atoms with Crippen LogP contribution in [0.5, 0.6) is 0 Å². The maximum Gasteiger partial charge on any atom is 0.0991 e. The van der Waals surface area contributed by atoms with Crippen LogP contribution in [-0.4, -0.2) is 0 Å². The molecule has 0 fully saturated rings.